The Balaban J connectivity index is 0.00000312. The first kappa shape index (κ1) is 21.7. The van der Waals surface area contributed by atoms with Crippen molar-refractivity contribution in [3.8, 4) is 0 Å². The van der Waals surface area contributed by atoms with Crippen LogP contribution in [0.1, 0.15) is 62.2 Å². The van der Waals surface area contributed by atoms with Gasteiger partial charge >= 0.3 is 0 Å². The molecule has 1 aromatic carbocycles. The third kappa shape index (κ3) is 7.22. The summed E-state index contributed by atoms with van der Waals surface area (Å²) in [5.74, 6) is -0.299. The Labute approximate surface area is 160 Å². The van der Waals surface area contributed by atoms with Crippen molar-refractivity contribution < 1.29 is 9.59 Å². The van der Waals surface area contributed by atoms with E-state index in [4.69, 9.17) is 17.3 Å². The fourth-order valence-electron chi connectivity index (χ4n) is 2.87. The van der Waals surface area contributed by atoms with Crippen LogP contribution in [0, 0.1) is 0 Å². The van der Waals surface area contributed by atoms with E-state index in [-0.39, 0.29) is 36.3 Å². The van der Waals surface area contributed by atoms with Gasteiger partial charge in [-0.25, -0.2) is 0 Å². The molecule has 1 aliphatic carbocycles. The molecule has 4 N–H and O–H groups in total. The Kier molecular flexibility index (Phi) is 9.25. The molecule has 0 spiro atoms. The van der Waals surface area contributed by atoms with Crippen LogP contribution in [0.25, 0.3) is 0 Å². The predicted octanol–water partition coefficient (Wildman–Crippen LogP) is 3.89. The summed E-state index contributed by atoms with van der Waals surface area (Å²) < 4.78 is 0. The van der Waals surface area contributed by atoms with Crippen molar-refractivity contribution >= 4 is 41.5 Å². The largest absolute Gasteiger partial charge is 0.349 e. The van der Waals surface area contributed by atoms with Gasteiger partial charge in [-0.2, -0.15) is 0 Å². The molecule has 0 bridgehead atoms. The quantitative estimate of drug-likeness (QED) is 0.691. The number of halogens is 2. The van der Waals surface area contributed by atoms with Gasteiger partial charge in [-0.3, -0.25) is 9.59 Å². The van der Waals surface area contributed by atoms with Crippen LogP contribution in [0.3, 0.4) is 0 Å². The molecule has 25 heavy (non-hydrogen) atoms. The maximum Gasteiger partial charge on any atom is 0.253 e. The molecule has 1 fully saturated rings. The second-order valence-electron chi connectivity index (χ2n) is 6.57. The molecule has 1 saturated carbocycles. The van der Waals surface area contributed by atoms with Crippen LogP contribution in [0.2, 0.25) is 5.02 Å². The highest BCUT2D eigenvalue weighted by atomic mass is 35.5. The minimum absolute atomic E-state index is 0. The number of nitrogens with two attached hydrogens (primary N) is 1. The van der Waals surface area contributed by atoms with E-state index >= 15 is 0 Å². The van der Waals surface area contributed by atoms with Crippen LogP contribution in [0.15, 0.2) is 18.2 Å². The standard InChI is InChI=1S/C18H26ClN3O2.ClH/c1-12(20)7-10-17(23)21-14-8-9-16(19)15(11-14)18(24)22-13-5-3-2-4-6-13;/h8-9,11-13H,2-7,10,20H2,1H3,(H,21,23)(H,22,24);1H. The van der Waals surface area contributed by atoms with Gasteiger partial charge in [0.05, 0.1) is 10.6 Å². The van der Waals surface area contributed by atoms with Gasteiger partial charge in [-0.1, -0.05) is 30.9 Å². The maximum atomic E-state index is 12.5. The normalized spacial score (nSPS) is 15.8. The lowest BCUT2D eigenvalue weighted by Gasteiger charge is -2.23. The molecule has 5 nitrogen and oxygen atoms in total. The molecule has 1 aliphatic rings. The second-order valence-corrected chi connectivity index (χ2v) is 6.97. The van der Waals surface area contributed by atoms with Crippen LogP contribution < -0.4 is 16.4 Å². The molecule has 140 valence electrons. The lowest BCUT2D eigenvalue weighted by atomic mass is 9.95. The minimum Gasteiger partial charge on any atom is -0.349 e. The molecule has 2 rings (SSSR count). The molecule has 0 radical (unpaired) electrons. The molecule has 1 atom stereocenters. The van der Waals surface area contributed by atoms with Crippen molar-refractivity contribution in [1.82, 2.24) is 5.32 Å². The van der Waals surface area contributed by atoms with Gasteiger partial charge in [0.25, 0.3) is 5.91 Å². The van der Waals surface area contributed by atoms with Gasteiger partial charge in [-0.05, 0) is 44.4 Å². The summed E-state index contributed by atoms with van der Waals surface area (Å²) in [7, 11) is 0. The van der Waals surface area contributed by atoms with Crippen LogP contribution in [0.4, 0.5) is 5.69 Å². The number of nitrogens with one attached hydrogen (secondary N) is 2. The van der Waals surface area contributed by atoms with Gasteiger partial charge in [0.2, 0.25) is 5.91 Å². The number of hydrogen-bond donors (Lipinski definition) is 3. The summed E-state index contributed by atoms with van der Waals surface area (Å²) in [6.45, 7) is 1.86. The summed E-state index contributed by atoms with van der Waals surface area (Å²) in [6, 6.07) is 5.16. The average molecular weight is 388 g/mol. The number of amides is 2. The minimum atomic E-state index is -0.182. The second kappa shape index (κ2) is 10.6. The topological polar surface area (TPSA) is 84.2 Å². The molecule has 1 unspecified atom stereocenters. The molecule has 0 heterocycles. The van der Waals surface area contributed by atoms with Crippen molar-refractivity contribution in [3.63, 3.8) is 0 Å². The van der Waals surface area contributed by atoms with Crippen molar-refractivity contribution in [2.75, 3.05) is 5.32 Å². The van der Waals surface area contributed by atoms with E-state index in [2.05, 4.69) is 10.6 Å². The molecule has 7 heteroatoms. The van der Waals surface area contributed by atoms with Gasteiger partial charge in [-0.15, -0.1) is 12.4 Å². The van der Waals surface area contributed by atoms with E-state index in [1.165, 1.54) is 6.42 Å². The fraction of sp³-hybridized carbons (Fsp3) is 0.556. The van der Waals surface area contributed by atoms with Crippen LogP contribution in [0.5, 0.6) is 0 Å². The molecule has 0 aromatic heterocycles. The highest BCUT2D eigenvalue weighted by molar-refractivity contribution is 6.34. The smallest absolute Gasteiger partial charge is 0.253 e. The van der Waals surface area contributed by atoms with Crippen LogP contribution >= 0.6 is 24.0 Å². The molecule has 0 aliphatic heterocycles. The monoisotopic (exact) mass is 387 g/mol. The molecular weight excluding hydrogens is 361 g/mol. The first-order valence-electron chi connectivity index (χ1n) is 8.61. The van der Waals surface area contributed by atoms with Gasteiger partial charge in [0.15, 0.2) is 0 Å². The van der Waals surface area contributed by atoms with E-state index in [1.54, 1.807) is 18.2 Å². The van der Waals surface area contributed by atoms with E-state index in [0.717, 1.165) is 25.7 Å². The summed E-state index contributed by atoms with van der Waals surface area (Å²) >= 11 is 6.16. The lowest BCUT2D eigenvalue weighted by molar-refractivity contribution is -0.116. The first-order chi connectivity index (χ1) is 11.5. The number of carbonyl (C=O) groups is 2. The molecule has 1 aromatic rings. The van der Waals surface area contributed by atoms with Crippen molar-refractivity contribution in [3.05, 3.63) is 28.8 Å². The Morgan fingerprint density at radius 3 is 2.60 bits per heavy atom. The highest BCUT2D eigenvalue weighted by Gasteiger charge is 2.19. The third-order valence-electron chi connectivity index (χ3n) is 4.26. The Hall–Kier alpha value is -1.30. The van der Waals surface area contributed by atoms with Crippen molar-refractivity contribution in [1.29, 1.82) is 0 Å². The summed E-state index contributed by atoms with van der Waals surface area (Å²) in [4.78, 5) is 24.4. The number of anilines is 1. The Morgan fingerprint density at radius 1 is 1.28 bits per heavy atom. The third-order valence-corrected chi connectivity index (χ3v) is 4.59. The number of carbonyl (C=O) groups excluding carboxylic acids is 2. The van der Waals surface area contributed by atoms with E-state index in [9.17, 15) is 9.59 Å². The lowest BCUT2D eigenvalue weighted by Crippen LogP contribution is -2.36. The summed E-state index contributed by atoms with van der Waals surface area (Å²) in [5, 5.41) is 6.22. The number of benzene rings is 1. The van der Waals surface area contributed by atoms with Gasteiger partial charge in [0.1, 0.15) is 0 Å². The Morgan fingerprint density at radius 2 is 1.96 bits per heavy atom. The van der Waals surface area contributed by atoms with Crippen molar-refractivity contribution in [2.24, 2.45) is 5.73 Å². The molecular formula is C18H27Cl2N3O2. The van der Waals surface area contributed by atoms with E-state index in [1.807, 2.05) is 6.92 Å². The number of hydrogen-bond acceptors (Lipinski definition) is 3. The van der Waals surface area contributed by atoms with Gasteiger partial charge < -0.3 is 16.4 Å². The summed E-state index contributed by atoms with van der Waals surface area (Å²) in [6.07, 6.45) is 6.52. The average Bonchev–Trinajstić information content (AvgIpc) is 2.55. The maximum absolute atomic E-state index is 12.5. The zero-order valence-corrected chi connectivity index (χ0v) is 16.1. The Bertz CT molecular complexity index is 588. The van der Waals surface area contributed by atoms with E-state index < -0.39 is 0 Å². The van der Waals surface area contributed by atoms with Gasteiger partial charge in [0, 0.05) is 24.2 Å². The summed E-state index contributed by atoms with van der Waals surface area (Å²) in [5.41, 5.74) is 6.62. The predicted molar refractivity (Wildman–Crippen MR) is 105 cm³/mol. The zero-order valence-electron chi connectivity index (χ0n) is 14.5. The number of rotatable bonds is 6. The molecule has 0 saturated heterocycles. The molecule has 2 amide bonds. The SMILES string of the molecule is CC(N)CCC(=O)Nc1ccc(Cl)c(C(=O)NC2CCCCC2)c1.Cl. The van der Waals surface area contributed by atoms with E-state index in [0.29, 0.717) is 29.1 Å². The van der Waals surface area contributed by atoms with Crippen molar-refractivity contribution in [2.45, 2.75) is 64.0 Å². The fourth-order valence-corrected chi connectivity index (χ4v) is 3.07. The van der Waals surface area contributed by atoms with Crippen LogP contribution in [-0.2, 0) is 4.79 Å². The van der Waals surface area contributed by atoms with Crippen LogP contribution in [-0.4, -0.2) is 23.9 Å². The highest BCUT2D eigenvalue weighted by Crippen LogP contribution is 2.23. The first-order valence-corrected chi connectivity index (χ1v) is 8.99. The zero-order chi connectivity index (χ0) is 17.5.